The van der Waals surface area contributed by atoms with Crippen LogP contribution in [0.5, 0.6) is 0 Å². The van der Waals surface area contributed by atoms with Crippen LogP contribution in [0.1, 0.15) is 0 Å². The summed E-state index contributed by atoms with van der Waals surface area (Å²) < 4.78 is 10.1. The van der Waals surface area contributed by atoms with Crippen molar-refractivity contribution in [1.82, 2.24) is 0 Å². The van der Waals surface area contributed by atoms with Gasteiger partial charge in [0, 0.05) is 0 Å². The zero-order chi connectivity index (χ0) is 8.41. The second-order valence-corrected chi connectivity index (χ2v) is 4.69. The van der Waals surface area contributed by atoms with Crippen molar-refractivity contribution >= 4 is 7.75 Å². The van der Waals surface area contributed by atoms with Crippen LogP contribution in [0.2, 0.25) is 0 Å². The van der Waals surface area contributed by atoms with E-state index < -0.39 is 12.0 Å². The van der Waals surface area contributed by atoms with Crippen molar-refractivity contribution in [3.63, 3.8) is 0 Å². The standard InChI is InChI=1S/C4H12NO4P/c1-5(2,3-4-6)10(7,8)9/h6H,3-4H2,1-2H3,(H-,7,8,9)/p+1. The van der Waals surface area contributed by atoms with E-state index in [4.69, 9.17) is 14.9 Å². The van der Waals surface area contributed by atoms with Crippen LogP contribution >= 0.6 is 7.75 Å². The van der Waals surface area contributed by atoms with Crippen molar-refractivity contribution in [2.75, 3.05) is 27.2 Å². The van der Waals surface area contributed by atoms with Gasteiger partial charge in [-0.2, -0.15) is 0 Å². The first kappa shape index (κ1) is 10.1. The molecule has 0 heterocycles. The Morgan fingerprint density at radius 3 is 1.90 bits per heavy atom. The lowest BCUT2D eigenvalue weighted by Gasteiger charge is -2.27. The maximum atomic E-state index is 10.6. The summed E-state index contributed by atoms with van der Waals surface area (Å²) in [7, 11) is -1.36. The third-order valence-electron chi connectivity index (χ3n) is 1.35. The molecule has 0 saturated carbocycles. The number of hydrogen-bond acceptors (Lipinski definition) is 2. The SMILES string of the molecule is C[N+](C)(CCO)P(=O)(O)O. The Morgan fingerprint density at radius 1 is 1.40 bits per heavy atom. The Labute approximate surface area is 59.7 Å². The first-order valence-corrected chi connectivity index (χ1v) is 4.37. The van der Waals surface area contributed by atoms with Crippen molar-refractivity contribution < 1.29 is 23.7 Å². The summed E-state index contributed by atoms with van der Waals surface area (Å²) in [5.74, 6) is 0. The second kappa shape index (κ2) is 2.98. The van der Waals surface area contributed by atoms with Crippen LogP contribution in [0.25, 0.3) is 0 Å². The normalized spacial score (nSPS) is 13.7. The molecule has 0 aliphatic carbocycles. The van der Waals surface area contributed by atoms with E-state index in [1.54, 1.807) is 0 Å². The molecule has 0 saturated heterocycles. The number of quaternary nitrogens is 1. The minimum absolute atomic E-state index is 0.0598. The molecule has 0 spiro atoms. The van der Waals surface area contributed by atoms with E-state index in [0.29, 0.717) is 0 Å². The number of rotatable bonds is 3. The summed E-state index contributed by atoms with van der Waals surface area (Å²) >= 11 is 0. The summed E-state index contributed by atoms with van der Waals surface area (Å²) in [5, 5.41) is 8.41. The zero-order valence-corrected chi connectivity index (χ0v) is 6.95. The van der Waals surface area contributed by atoms with Gasteiger partial charge in [0.2, 0.25) is 0 Å². The molecule has 6 heteroatoms. The number of hydrogen-bond donors (Lipinski definition) is 3. The van der Waals surface area contributed by atoms with Crippen LogP contribution in [0, 0.1) is 0 Å². The largest absolute Gasteiger partial charge is 0.526 e. The molecule has 0 aromatic heterocycles. The van der Waals surface area contributed by atoms with Crippen LogP contribution in [0.4, 0.5) is 0 Å². The van der Waals surface area contributed by atoms with Gasteiger partial charge in [-0.15, -0.1) is 0 Å². The summed E-state index contributed by atoms with van der Waals surface area (Å²) in [6, 6.07) is 0. The Hall–Kier alpha value is 0.0700. The highest BCUT2D eigenvalue weighted by Gasteiger charge is 2.36. The van der Waals surface area contributed by atoms with Gasteiger partial charge >= 0.3 is 7.75 Å². The van der Waals surface area contributed by atoms with E-state index in [1.807, 2.05) is 0 Å². The maximum absolute atomic E-state index is 10.6. The van der Waals surface area contributed by atoms with Gasteiger partial charge < -0.3 is 5.11 Å². The third-order valence-corrected chi connectivity index (χ3v) is 2.96. The Morgan fingerprint density at radius 2 is 1.80 bits per heavy atom. The lowest BCUT2D eigenvalue weighted by atomic mass is 10.6. The maximum Gasteiger partial charge on any atom is 0.526 e. The fourth-order valence-corrected chi connectivity index (χ4v) is 0.725. The van der Waals surface area contributed by atoms with Gasteiger partial charge in [0.05, 0.1) is 20.7 Å². The quantitative estimate of drug-likeness (QED) is 0.482. The van der Waals surface area contributed by atoms with Crippen molar-refractivity contribution in [1.29, 1.82) is 0 Å². The van der Waals surface area contributed by atoms with E-state index in [9.17, 15) is 4.57 Å². The van der Waals surface area contributed by atoms with Crippen LogP contribution in [-0.2, 0) is 4.57 Å². The second-order valence-electron chi connectivity index (χ2n) is 2.58. The average Bonchev–Trinajstić information content (AvgIpc) is 1.61. The number of aliphatic hydroxyl groups is 1. The molecule has 0 rings (SSSR count). The third kappa shape index (κ3) is 2.36. The molecule has 0 atom stereocenters. The number of aliphatic hydroxyl groups excluding tert-OH is 1. The lowest BCUT2D eigenvalue weighted by molar-refractivity contribution is -0.781. The summed E-state index contributed by atoms with van der Waals surface area (Å²) in [4.78, 5) is 17.3. The van der Waals surface area contributed by atoms with Crippen LogP contribution in [-0.4, -0.2) is 46.4 Å². The van der Waals surface area contributed by atoms with E-state index in [1.165, 1.54) is 14.1 Å². The van der Waals surface area contributed by atoms with Gasteiger partial charge in [0.15, 0.2) is 0 Å². The molecule has 62 valence electrons. The molecule has 5 nitrogen and oxygen atoms in total. The zero-order valence-electron chi connectivity index (χ0n) is 6.06. The van der Waals surface area contributed by atoms with Crippen LogP contribution in [0.15, 0.2) is 0 Å². The van der Waals surface area contributed by atoms with Crippen molar-refractivity contribution in [3.05, 3.63) is 0 Å². The number of nitrogens with zero attached hydrogens (tertiary/aromatic N) is 1. The van der Waals surface area contributed by atoms with Crippen molar-refractivity contribution in [2.24, 2.45) is 0 Å². The minimum atomic E-state index is -4.11. The highest BCUT2D eigenvalue weighted by atomic mass is 31.2. The number of likely N-dealkylation sites (N-methyl/N-ethyl adjacent to an activating group) is 1. The molecule has 0 aliphatic rings. The molecular weight excluding hydrogens is 157 g/mol. The molecule has 0 aromatic carbocycles. The molecule has 0 aromatic rings. The lowest BCUT2D eigenvalue weighted by Crippen LogP contribution is -2.38. The van der Waals surface area contributed by atoms with Gasteiger partial charge in [0.25, 0.3) is 0 Å². The van der Waals surface area contributed by atoms with Crippen LogP contribution in [0.3, 0.4) is 0 Å². The molecule has 0 amide bonds. The summed E-state index contributed by atoms with van der Waals surface area (Å²) in [6.45, 7) is -0.164. The monoisotopic (exact) mass is 170 g/mol. The molecule has 0 aliphatic heterocycles. The Kier molecular flexibility index (Phi) is 3.00. The van der Waals surface area contributed by atoms with Crippen molar-refractivity contribution in [3.8, 4) is 0 Å². The molecule has 0 fully saturated rings. The van der Waals surface area contributed by atoms with Gasteiger partial charge in [-0.3, -0.25) is 9.79 Å². The van der Waals surface area contributed by atoms with E-state index >= 15 is 0 Å². The molecule has 0 bridgehead atoms. The predicted molar refractivity (Wildman–Crippen MR) is 36.1 cm³/mol. The predicted octanol–water partition coefficient (Wildman–Crippen LogP) is -0.852. The molecule has 10 heavy (non-hydrogen) atoms. The summed E-state index contributed by atoms with van der Waals surface area (Å²) in [5.41, 5.74) is 0. The van der Waals surface area contributed by atoms with Gasteiger partial charge in [0.1, 0.15) is 6.54 Å². The smallest absolute Gasteiger partial charge is 0.391 e. The molecule has 0 radical (unpaired) electrons. The average molecular weight is 170 g/mol. The van der Waals surface area contributed by atoms with Gasteiger partial charge in [-0.25, -0.2) is 8.82 Å². The van der Waals surface area contributed by atoms with Crippen molar-refractivity contribution in [2.45, 2.75) is 0 Å². The topological polar surface area (TPSA) is 77.8 Å². The molecular formula is C4H13NO4P+. The Balaban J connectivity index is 4.25. The first-order valence-electron chi connectivity index (χ1n) is 2.81. The fraction of sp³-hybridized carbons (Fsp3) is 1.00. The van der Waals surface area contributed by atoms with E-state index in [2.05, 4.69) is 0 Å². The Bertz CT molecular complexity index is 151. The first-order chi connectivity index (χ1) is 4.31. The highest BCUT2D eigenvalue weighted by Crippen LogP contribution is 2.44. The summed E-state index contributed by atoms with van der Waals surface area (Å²) in [6.07, 6.45) is 0. The highest BCUT2D eigenvalue weighted by molar-refractivity contribution is 7.45. The van der Waals surface area contributed by atoms with Gasteiger partial charge in [-0.05, 0) is 0 Å². The van der Waals surface area contributed by atoms with E-state index in [-0.39, 0.29) is 13.2 Å². The molecule has 0 unspecified atom stereocenters. The minimum Gasteiger partial charge on any atom is -0.391 e. The van der Waals surface area contributed by atoms with Crippen LogP contribution < -0.4 is 0 Å². The fourth-order valence-electron chi connectivity index (χ4n) is 0.375. The van der Waals surface area contributed by atoms with E-state index in [0.717, 1.165) is 0 Å². The van der Waals surface area contributed by atoms with Gasteiger partial charge in [-0.1, -0.05) is 0 Å². The molecule has 3 N–H and O–H groups in total.